The van der Waals surface area contributed by atoms with Crippen LogP contribution in [0, 0.1) is 5.41 Å². The van der Waals surface area contributed by atoms with E-state index in [1.807, 2.05) is 11.9 Å². The van der Waals surface area contributed by atoms with Crippen LogP contribution in [0.2, 0.25) is 0 Å². The second-order valence-electron chi connectivity index (χ2n) is 7.58. The Morgan fingerprint density at radius 3 is 2.75 bits per heavy atom. The standard InChI is InChI=1S/C17H26N4O3/c1-20(10-17(11-22)3-4-17)15-6-14(12-2-5-24-9-12)18-16(19-15)21-7-13(23)8-21/h6,12-13,22-23H,2-5,7-11H2,1H3. The van der Waals surface area contributed by atoms with Crippen molar-refractivity contribution >= 4 is 11.8 Å². The number of rotatable bonds is 6. The van der Waals surface area contributed by atoms with Crippen molar-refractivity contribution in [1.82, 2.24) is 9.97 Å². The lowest BCUT2D eigenvalue weighted by molar-refractivity contribution is 0.140. The van der Waals surface area contributed by atoms with E-state index in [0.717, 1.165) is 43.9 Å². The molecule has 0 aromatic carbocycles. The molecule has 0 spiro atoms. The van der Waals surface area contributed by atoms with Gasteiger partial charge in [0.2, 0.25) is 5.95 Å². The Morgan fingerprint density at radius 2 is 2.17 bits per heavy atom. The second kappa shape index (κ2) is 6.13. The zero-order chi connectivity index (χ0) is 16.7. The van der Waals surface area contributed by atoms with E-state index in [2.05, 4.69) is 11.0 Å². The van der Waals surface area contributed by atoms with Gasteiger partial charge < -0.3 is 24.7 Å². The number of hydrogen-bond donors (Lipinski definition) is 2. The molecular weight excluding hydrogens is 308 g/mol. The van der Waals surface area contributed by atoms with E-state index in [9.17, 15) is 10.2 Å². The molecule has 3 fully saturated rings. The molecule has 1 aliphatic carbocycles. The predicted octanol–water partition coefficient (Wildman–Crippen LogP) is 0.370. The van der Waals surface area contributed by atoms with Crippen LogP contribution in [-0.4, -0.2) is 72.8 Å². The molecule has 1 atom stereocenters. The molecule has 0 bridgehead atoms. The fourth-order valence-corrected chi connectivity index (χ4v) is 3.50. The number of aromatic nitrogens is 2. The third kappa shape index (κ3) is 3.08. The molecule has 7 heteroatoms. The number of ether oxygens (including phenoxy) is 1. The van der Waals surface area contributed by atoms with Gasteiger partial charge in [0, 0.05) is 50.7 Å². The third-order valence-corrected chi connectivity index (χ3v) is 5.47. The SMILES string of the molecule is CN(CC1(CO)CC1)c1cc(C2CCOC2)nc(N2CC(O)C2)n1. The van der Waals surface area contributed by atoms with E-state index in [1.165, 1.54) is 0 Å². The van der Waals surface area contributed by atoms with Crippen LogP contribution in [0.5, 0.6) is 0 Å². The van der Waals surface area contributed by atoms with Gasteiger partial charge in [-0.25, -0.2) is 4.98 Å². The zero-order valence-electron chi connectivity index (χ0n) is 14.2. The van der Waals surface area contributed by atoms with Crippen molar-refractivity contribution < 1.29 is 14.9 Å². The van der Waals surface area contributed by atoms with Crippen molar-refractivity contribution in [3.63, 3.8) is 0 Å². The van der Waals surface area contributed by atoms with Crippen molar-refractivity contribution in [3.8, 4) is 0 Å². The molecule has 0 radical (unpaired) electrons. The molecule has 3 aliphatic rings. The van der Waals surface area contributed by atoms with E-state index in [4.69, 9.17) is 14.7 Å². The molecular formula is C17H26N4O3. The monoisotopic (exact) mass is 334 g/mol. The first-order valence-corrected chi connectivity index (χ1v) is 8.80. The van der Waals surface area contributed by atoms with Crippen LogP contribution in [0.4, 0.5) is 11.8 Å². The molecule has 132 valence electrons. The van der Waals surface area contributed by atoms with E-state index >= 15 is 0 Å². The Balaban J connectivity index is 1.59. The van der Waals surface area contributed by atoms with Gasteiger partial charge in [0.1, 0.15) is 5.82 Å². The Hall–Kier alpha value is -1.44. The summed E-state index contributed by atoms with van der Waals surface area (Å²) in [5.74, 6) is 1.90. The second-order valence-corrected chi connectivity index (χ2v) is 7.58. The van der Waals surface area contributed by atoms with Gasteiger partial charge in [-0.1, -0.05) is 0 Å². The van der Waals surface area contributed by atoms with Crippen LogP contribution in [0.25, 0.3) is 0 Å². The molecule has 2 saturated heterocycles. The molecule has 2 N–H and O–H groups in total. The van der Waals surface area contributed by atoms with Crippen molar-refractivity contribution in [3.05, 3.63) is 11.8 Å². The highest BCUT2D eigenvalue weighted by Crippen LogP contribution is 2.46. The number of anilines is 2. The Bertz CT molecular complexity index is 595. The van der Waals surface area contributed by atoms with Crippen molar-refractivity contribution in [2.45, 2.75) is 31.3 Å². The highest BCUT2D eigenvalue weighted by atomic mass is 16.5. The largest absolute Gasteiger partial charge is 0.396 e. The molecule has 1 unspecified atom stereocenters. The third-order valence-electron chi connectivity index (χ3n) is 5.47. The molecule has 1 aromatic rings. The summed E-state index contributed by atoms with van der Waals surface area (Å²) in [6.07, 6.45) is 2.86. The molecule has 4 rings (SSSR count). The summed E-state index contributed by atoms with van der Waals surface area (Å²) in [5.41, 5.74) is 1.07. The molecule has 1 saturated carbocycles. The van der Waals surface area contributed by atoms with E-state index in [0.29, 0.717) is 31.6 Å². The molecule has 7 nitrogen and oxygen atoms in total. The normalized spacial score (nSPS) is 25.6. The topological polar surface area (TPSA) is 82.0 Å². The van der Waals surface area contributed by atoms with Gasteiger partial charge >= 0.3 is 0 Å². The molecule has 0 amide bonds. The summed E-state index contributed by atoms with van der Waals surface area (Å²) in [6.45, 7) is 3.72. The van der Waals surface area contributed by atoms with Gasteiger partial charge in [-0.2, -0.15) is 4.98 Å². The lowest BCUT2D eigenvalue weighted by Crippen LogP contribution is -2.51. The maximum Gasteiger partial charge on any atom is 0.227 e. The maximum atomic E-state index is 9.59. The van der Waals surface area contributed by atoms with Gasteiger partial charge in [0.05, 0.1) is 25.0 Å². The van der Waals surface area contributed by atoms with Crippen molar-refractivity contribution in [2.75, 3.05) is 56.3 Å². The van der Waals surface area contributed by atoms with Crippen LogP contribution >= 0.6 is 0 Å². The van der Waals surface area contributed by atoms with Crippen LogP contribution < -0.4 is 9.80 Å². The Morgan fingerprint density at radius 1 is 1.38 bits per heavy atom. The summed E-state index contributed by atoms with van der Waals surface area (Å²) < 4.78 is 5.52. The first kappa shape index (κ1) is 16.1. The minimum Gasteiger partial charge on any atom is -0.396 e. The van der Waals surface area contributed by atoms with E-state index in [-0.39, 0.29) is 18.1 Å². The highest BCUT2D eigenvalue weighted by Gasteiger charge is 2.43. The lowest BCUT2D eigenvalue weighted by atomic mass is 10.0. The summed E-state index contributed by atoms with van der Waals surface area (Å²) >= 11 is 0. The first-order chi connectivity index (χ1) is 11.6. The Kier molecular flexibility index (Phi) is 4.10. The van der Waals surface area contributed by atoms with Gasteiger partial charge in [0.15, 0.2) is 0 Å². The minimum absolute atomic E-state index is 0.0451. The Labute approximate surface area is 142 Å². The maximum absolute atomic E-state index is 9.59. The lowest BCUT2D eigenvalue weighted by Gasteiger charge is -2.36. The minimum atomic E-state index is -0.280. The summed E-state index contributed by atoms with van der Waals surface area (Å²) in [5, 5.41) is 19.2. The number of aliphatic hydroxyl groups is 2. The summed E-state index contributed by atoms with van der Waals surface area (Å²) in [6, 6.07) is 2.06. The van der Waals surface area contributed by atoms with Gasteiger partial charge in [-0.05, 0) is 19.3 Å². The van der Waals surface area contributed by atoms with Crippen LogP contribution in [0.15, 0.2) is 6.07 Å². The number of nitrogens with zero attached hydrogens (tertiary/aromatic N) is 4. The van der Waals surface area contributed by atoms with Crippen molar-refractivity contribution in [1.29, 1.82) is 0 Å². The van der Waals surface area contributed by atoms with Gasteiger partial charge in [-0.3, -0.25) is 0 Å². The zero-order valence-corrected chi connectivity index (χ0v) is 14.2. The van der Waals surface area contributed by atoms with E-state index < -0.39 is 0 Å². The molecule has 24 heavy (non-hydrogen) atoms. The van der Waals surface area contributed by atoms with Gasteiger partial charge in [0.25, 0.3) is 0 Å². The predicted molar refractivity (Wildman–Crippen MR) is 90.5 cm³/mol. The molecule has 3 heterocycles. The quantitative estimate of drug-likeness (QED) is 0.778. The number of hydrogen-bond acceptors (Lipinski definition) is 7. The smallest absolute Gasteiger partial charge is 0.227 e. The highest BCUT2D eigenvalue weighted by molar-refractivity contribution is 5.48. The van der Waals surface area contributed by atoms with Crippen LogP contribution in [0.1, 0.15) is 30.9 Å². The summed E-state index contributed by atoms with van der Waals surface area (Å²) in [4.78, 5) is 13.6. The average molecular weight is 334 g/mol. The average Bonchev–Trinajstić information content (AvgIpc) is 3.11. The van der Waals surface area contributed by atoms with Crippen molar-refractivity contribution in [2.24, 2.45) is 5.41 Å². The first-order valence-electron chi connectivity index (χ1n) is 8.80. The fraction of sp³-hybridized carbons (Fsp3) is 0.765. The number of aliphatic hydroxyl groups excluding tert-OH is 2. The summed E-state index contributed by atoms with van der Waals surface area (Å²) in [7, 11) is 2.03. The molecule has 2 aliphatic heterocycles. The van der Waals surface area contributed by atoms with Gasteiger partial charge in [-0.15, -0.1) is 0 Å². The number of β-amino-alcohol motifs (C(OH)–C–C–N with tert-alkyl or cyclic N) is 1. The van der Waals surface area contributed by atoms with Crippen LogP contribution in [0.3, 0.4) is 0 Å². The molecule has 1 aromatic heterocycles. The fourth-order valence-electron chi connectivity index (χ4n) is 3.50. The van der Waals surface area contributed by atoms with E-state index in [1.54, 1.807) is 0 Å². The van der Waals surface area contributed by atoms with Crippen LogP contribution in [-0.2, 0) is 4.74 Å².